The Hall–Kier alpha value is -5.21. The SMILES string of the molecule is Cc1cc2ncc3cc(-c4ccccc4)c(-c4ccc(C5(N6C(=O)c7ccccc7C6=O)CC(O)(C6CC6)C5)cc4)nc3n2n1. The standard InChI is InChI=1S/C37H29N5O3/c1-22-17-31-38-19-25-18-30(23-7-3-2-4-8-23)32(39-33(25)42(31)40-22)24-11-13-26(14-12-24)36(20-37(45,21-36)27-15-16-27)41-34(43)28-9-5-6-10-29(28)35(41)44/h2-14,17-19,27,45H,15-16,20-21H2,1H3. The highest BCUT2D eigenvalue weighted by Gasteiger charge is 2.66. The maximum absolute atomic E-state index is 13.7. The van der Waals surface area contributed by atoms with E-state index in [0.29, 0.717) is 29.6 Å². The molecule has 0 bridgehead atoms. The molecule has 3 aromatic heterocycles. The van der Waals surface area contributed by atoms with Crippen molar-refractivity contribution in [3.05, 3.63) is 120 Å². The van der Waals surface area contributed by atoms with Crippen LogP contribution in [0.5, 0.6) is 0 Å². The number of imide groups is 1. The van der Waals surface area contributed by atoms with Crippen molar-refractivity contribution in [2.45, 2.75) is 43.7 Å². The second-order valence-electron chi connectivity index (χ2n) is 12.8. The molecule has 1 N–H and O–H groups in total. The highest BCUT2D eigenvalue weighted by Crippen LogP contribution is 2.61. The molecule has 3 aliphatic rings. The lowest BCUT2D eigenvalue weighted by Crippen LogP contribution is -2.65. The zero-order valence-electron chi connectivity index (χ0n) is 24.6. The van der Waals surface area contributed by atoms with E-state index < -0.39 is 11.1 Å². The van der Waals surface area contributed by atoms with Crippen LogP contribution in [0, 0.1) is 12.8 Å². The summed E-state index contributed by atoms with van der Waals surface area (Å²) in [6.07, 6.45) is 4.46. The molecule has 2 aliphatic carbocycles. The molecule has 8 nitrogen and oxygen atoms in total. The van der Waals surface area contributed by atoms with E-state index in [-0.39, 0.29) is 17.7 Å². The van der Waals surface area contributed by atoms with Crippen LogP contribution in [0.4, 0.5) is 0 Å². The van der Waals surface area contributed by atoms with Gasteiger partial charge in [0.05, 0.1) is 33.7 Å². The molecule has 8 heteroatoms. The molecule has 0 saturated heterocycles. The van der Waals surface area contributed by atoms with Gasteiger partial charge in [0.15, 0.2) is 11.3 Å². The molecule has 2 amide bonds. The second kappa shape index (κ2) is 9.15. The maximum atomic E-state index is 13.7. The van der Waals surface area contributed by atoms with Crippen LogP contribution < -0.4 is 0 Å². The summed E-state index contributed by atoms with van der Waals surface area (Å²) in [6.45, 7) is 1.94. The molecular formula is C37H29N5O3. The predicted octanol–water partition coefficient (Wildman–Crippen LogP) is 6.35. The van der Waals surface area contributed by atoms with Gasteiger partial charge in [-0.05, 0) is 55.0 Å². The van der Waals surface area contributed by atoms with E-state index in [1.165, 1.54) is 4.90 Å². The van der Waals surface area contributed by atoms with Gasteiger partial charge in [-0.1, -0.05) is 66.7 Å². The Kier molecular flexibility index (Phi) is 5.33. The van der Waals surface area contributed by atoms with Gasteiger partial charge in [0.1, 0.15) is 0 Å². The summed E-state index contributed by atoms with van der Waals surface area (Å²) in [5, 5.41) is 17.0. The summed E-state index contributed by atoms with van der Waals surface area (Å²) < 4.78 is 1.78. The fourth-order valence-corrected chi connectivity index (χ4v) is 7.59. The lowest BCUT2D eigenvalue weighted by atomic mass is 9.58. The van der Waals surface area contributed by atoms with Crippen LogP contribution in [-0.2, 0) is 5.54 Å². The average Bonchev–Trinajstić information content (AvgIpc) is 3.79. The van der Waals surface area contributed by atoms with Crippen molar-refractivity contribution < 1.29 is 14.7 Å². The third-order valence-electron chi connectivity index (χ3n) is 9.92. The molecule has 0 spiro atoms. The average molecular weight is 592 g/mol. The Labute approximate surface area is 259 Å². The zero-order valence-corrected chi connectivity index (χ0v) is 24.6. The number of fused-ring (bicyclic) bond motifs is 4. The monoisotopic (exact) mass is 591 g/mol. The Balaban J connectivity index is 1.18. The van der Waals surface area contributed by atoms with Gasteiger partial charge in [-0.3, -0.25) is 14.5 Å². The summed E-state index contributed by atoms with van der Waals surface area (Å²) in [6, 6.07) is 29.2. The molecule has 45 heavy (non-hydrogen) atoms. The molecule has 4 heterocycles. The van der Waals surface area contributed by atoms with Crippen molar-refractivity contribution in [2.24, 2.45) is 5.92 Å². The van der Waals surface area contributed by atoms with Crippen molar-refractivity contribution in [3.8, 4) is 22.4 Å². The number of rotatable bonds is 5. The van der Waals surface area contributed by atoms with Gasteiger partial charge in [-0.25, -0.2) is 9.97 Å². The Morgan fingerprint density at radius 1 is 0.800 bits per heavy atom. The molecule has 2 fully saturated rings. The van der Waals surface area contributed by atoms with Gasteiger partial charge in [-0.15, -0.1) is 0 Å². The van der Waals surface area contributed by atoms with Crippen molar-refractivity contribution >= 4 is 28.5 Å². The number of pyridine rings is 1. The first-order valence-electron chi connectivity index (χ1n) is 15.4. The molecule has 0 unspecified atom stereocenters. The highest BCUT2D eigenvalue weighted by atomic mass is 16.3. The molecule has 0 atom stereocenters. The van der Waals surface area contributed by atoms with Gasteiger partial charge in [-0.2, -0.15) is 9.61 Å². The molecule has 220 valence electrons. The minimum Gasteiger partial charge on any atom is -0.389 e. The largest absolute Gasteiger partial charge is 0.389 e. The lowest BCUT2D eigenvalue weighted by molar-refractivity contribution is -0.143. The number of benzene rings is 3. The summed E-state index contributed by atoms with van der Waals surface area (Å²) in [5.74, 6) is -0.382. The molecular weight excluding hydrogens is 562 g/mol. The van der Waals surface area contributed by atoms with Crippen molar-refractivity contribution in [1.82, 2.24) is 24.5 Å². The maximum Gasteiger partial charge on any atom is 0.262 e. The van der Waals surface area contributed by atoms with Gasteiger partial charge in [0.2, 0.25) is 0 Å². The van der Waals surface area contributed by atoms with Gasteiger partial charge in [0.25, 0.3) is 11.8 Å². The van der Waals surface area contributed by atoms with Crippen molar-refractivity contribution in [1.29, 1.82) is 0 Å². The Morgan fingerprint density at radius 2 is 1.47 bits per heavy atom. The van der Waals surface area contributed by atoms with E-state index in [4.69, 9.17) is 4.98 Å². The van der Waals surface area contributed by atoms with Crippen LogP contribution in [0.25, 0.3) is 39.1 Å². The third-order valence-corrected chi connectivity index (χ3v) is 9.92. The van der Waals surface area contributed by atoms with Gasteiger partial charge < -0.3 is 5.11 Å². The number of carbonyl (C=O) groups excluding carboxylic acids is 2. The third kappa shape index (κ3) is 3.78. The Bertz CT molecular complexity index is 2160. The van der Waals surface area contributed by atoms with E-state index in [0.717, 1.165) is 57.5 Å². The molecule has 0 radical (unpaired) electrons. The fraction of sp³-hybridized carbons (Fsp3) is 0.216. The minimum absolute atomic E-state index is 0.215. The number of aryl methyl sites for hydroxylation is 1. The second-order valence-corrected chi connectivity index (χ2v) is 12.8. The highest BCUT2D eigenvalue weighted by molar-refractivity contribution is 6.22. The van der Waals surface area contributed by atoms with Crippen molar-refractivity contribution in [3.63, 3.8) is 0 Å². The quantitative estimate of drug-likeness (QED) is 0.235. The molecule has 3 aromatic carbocycles. The zero-order chi connectivity index (χ0) is 30.5. The topological polar surface area (TPSA) is 101 Å². The van der Waals surface area contributed by atoms with Crippen LogP contribution in [-0.4, -0.2) is 47.0 Å². The first kappa shape index (κ1) is 26.2. The van der Waals surface area contributed by atoms with Crippen molar-refractivity contribution in [2.75, 3.05) is 0 Å². The normalized spacial score (nSPS) is 22.7. The van der Waals surface area contributed by atoms with Crippen LogP contribution in [0.1, 0.15) is 57.7 Å². The Morgan fingerprint density at radius 3 is 2.13 bits per heavy atom. The van der Waals surface area contributed by atoms with Gasteiger partial charge in [0, 0.05) is 41.6 Å². The van der Waals surface area contributed by atoms with E-state index in [2.05, 4.69) is 28.3 Å². The molecule has 1 aliphatic heterocycles. The number of hydrogen-bond donors (Lipinski definition) is 1. The van der Waals surface area contributed by atoms with E-state index in [1.54, 1.807) is 28.8 Å². The van der Waals surface area contributed by atoms with Crippen LogP contribution >= 0.6 is 0 Å². The number of aromatic nitrogens is 4. The summed E-state index contributed by atoms with van der Waals surface area (Å²) in [5.41, 5.74) is 5.85. The molecule has 9 rings (SSSR count). The summed E-state index contributed by atoms with van der Waals surface area (Å²) >= 11 is 0. The number of carbonyl (C=O) groups is 2. The fourth-order valence-electron chi connectivity index (χ4n) is 7.59. The number of hydrogen-bond acceptors (Lipinski definition) is 6. The number of aliphatic hydroxyl groups is 1. The number of nitrogens with zero attached hydrogens (tertiary/aromatic N) is 5. The summed E-state index contributed by atoms with van der Waals surface area (Å²) in [7, 11) is 0. The molecule has 2 saturated carbocycles. The van der Waals surface area contributed by atoms with Crippen LogP contribution in [0.2, 0.25) is 0 Å². The van der Waals surface area contributed by atoms with Gasteiger partial charge >= 0.3 is 0 Å². The van der Waals surface area contributed by atoms with Crippen LogP contribution in [0.15, 0.2) is 97.2 Å². The number of amides is 2. The van der Waals surface area contributed by atoms with E-state index in [1.807, 2.05) is 61.7 Å². The first-order valence-corrected chi connectivity index (χ1v) is 15.4. The minimum atomic E-state index is -0.924. The van der Waals surface area contributed by atoms with E-state index >= 15 is 0 Å². The van der Waals surface area contributed by atoms with Crippen LogP contribution in [0.3, 0.4) is 0 Å². The summed E-state index contributed by atoms with van der Waals surface area (Å²) in [4.78, 5) is 38.7. The predicted molar refractivity (Wildman–Crippen MR) is 169 cm³/mol. The lowest BCUT2D eigenvalue weighted by Gasteiger charge is -2.57. The first-order chi connectivity index (χ1) is 21.8. The smallest absolute Gasteiger partial charge is 0.262 e. The van der Waals surface area contributed by atoms with E-state index in [9.17, 15) is 14.7 Å². The molecule has 6 aromatic rings.